The number of quaternary nitrogens is 1. The van der Waals surface area contributed by atoms with E-state index in [1.165, 1.54) is 9.80 Å². The van der Waals surface area contributed by atoms with Crippen molar-refractivity contribution in [2.75, 3.05) is 46.5 Å². The number of rotatable bonds is 12. The molecule has 1 aliphatic rings. The molecule has 1 saturated heterocycles. The second-order valence-corrected chi connectivity index (χ2v) is 8.48. The van der Waals surface area contributed by atoms with Gasteiger partial charge < -0.3 is 29.1 Å². The first-order valence-electron chi connectivity index (χ1n) is 12.5. The highest BCUT2D eigenvalue weighted by atomic mass is 16.5. The third-order valence-corrected chi connectivity index (χ3v) is 6.47. The molecule has 1 atom stereocenters. The summed E-state index contributed by atoms with van der Waals surface area (Å²) in [6.45, 7) is 11.6. The molecule has 1 N–H and O–H groups in total. The first-order valence-corrected chi connectivity index (χ1v) is 12.5. The number of ether oxygens (including phenoxy) is 3. The smallest absolute Gasteiger partial charge is 0.295 e. The van der Waals surface area contributed by atoms with E-state index in [1.807, 2.05) is 13.8 Å². The Bertz CT molecular complexity index is 1090. The highest BCUT2D eigenvalue weighted by molar-refractivity contribution is 6.46. The van der Waals surface area contributed by atoms with Crippen LogP contribution in [0.1, 0.15) is 44.9 Å². The summed E-state index contributed by atoms with van der Waals surface area (Å²) >= 11 is 0. The summed E-state index contributed by atoms with van der Waals surface area (Å²) in [5.74, 6) is -0.211. The van der Waals surface area contributed by atoms with Gasteiger partial charge >= 0.3 is 0 Å². The number of likely N-dealkylation sites (tertiary alicyclic amines) is 1. The molecule has 194 valence electrons. The van der Waals surface area contributed by atoms with Gasteiger partial charge in [0.1, 0.15) is 5.75 Å². The van der Waals surface area contributed by atoms with Crippen LogP contribution >= 0.6 is 0 Å². The van der Waals surface area contributed by atoms with Crippen molar-refractivity contribution in [3.05, 3.63) is 59.2 Å². The van der Waals surface area contributed by atoms with Gasteiger partial charge in [-0.1, -0.05) is 24.0 Å². The Balaban J connectivity index is 2.14. The van der Waals surface area contributed by atoms with E-state index < -0.39 is 23.5 Å². The van der Waals surface area contributed by atoms with E-state index in [4.69, 9.17) is 14.2 Å². The van der Waals surface area contributed by atoms with E-state index in [2.05, 4.69) is 13.8 Å². The predicted molar refractivity (Wildman–Crippen MR) is 135 cm³/mol. The van der Waals surface area contributed by atoms with Crippen LogP contribution in [0.2, 0.25) is 0 Å². The lowest BCUT2D eigenvalue weighted by Gasteiger charge is -2.29. The minimum atomic E-state index is -0.815. The third kappa shape index (κ3) is 5.65. The van der Waals surface area contributed by atoms with Crippen molar-refractivity contribution in [1.29, 1.82) is 0 Å². The summed E-state index contributed by atoms with van der Waals surface area (Å²) in [6.07, 6.45) is 0. The summed E-state index contributed by atoms with van der Waals surface area (Å²) in [5.41, 5.74) is 0.906. The number of hydrogen-bond acceptors (Lipinski definition) is 6. The van der Waals surface area contributed by atoms with Crippen LogP contribution < -0.4 is 24.2 Å². The number of nitrogens with zero attached hydrogens (tertiary/aromatic N) is 1. The number of methoxy groups -OCH3 is 1. The van der Waals surface area contributed by atoms with Gasteiger partial charge in [-0.15, -0.1) is 0 Å². The van der Waals surface area contributed by atoms with Gasteiger partial charge in [-0.3, -0.25) is 9.59 Å². The number of Topliss-reactive ketones (excluding diaryl/α,β-unsaturated/α-hetero) is 1. The Morgan fingerprint density at radius 3 is 2.17 bits per heavy atom. The molecule has 8 nitrogen and oxygen atoms in total. The van der Waals surface area contributed by atoms with Crippen LogP contribution in [0.3, 0.4) is 0 Å². The molecular formula is C28H36N2O6. The minimum absolute atomic E-state index is 0.0497. The quantitative estimate of drug-likeness (QED) is 0.273. The van der Waals surface area contributed by atoms with Gasteiger partial charge in [0.15, 0.2) is 11.5 Å². The molecule has 2 aromatic carbocycles. The summed E-state index contributed by atoms with van der Waals surface area (Å²) < 4.78 is 16.7. The van der Waals surface area contributed by atoms with Gasteiger partial charge in [0.2, 0.25) is 5.78 Å². The fraction of sp³-hybridized carbons (Fsp3) is 0.429. The van der Waals surface area contributed by atoms with Gasteiger partial charge in [0.05, 0.1) is 52.5 Å². The van der Waals surface area contributed by atoms with E-state index in [0.717, 1.165) is 13.1 Å². The average Bonchev–Trinajstić information content (AvgIpc) is 3.15. The van der Waals surface area contributed by atoms with Crippen molar-refractivity contribution >= 4 is 17.4 Å². The van der Waals surface area contributed by atoms with Crippen molar-refractivity contribution in [3.63, 3.8) is 0 Å². The molecular weight excluding hydrogens is 460 g/mol. The van der Waals surface area contributed by atoms with Gasteiger partial charge in [0, 0.05) is 5.57 Å². The summed E-state index contributed by atoms with van der Waals surface area (Å²) in [7, 11) is 1.54. The highest BCUT2D eigenvalue weighted by Crippen LogP contribution is 2.41. The monoisotopic (exact) mass is 496 g/mol. The molecule has 0 bridgehead atoms. The van der Waals surface area contributed by atoms with Crippen LogP contribution in [-0.4, -0.2) is 63.1 Å². The first kappa shape index (κ1) is 27.1. The molecule has 1 amide bonds. The van der Waals surface area contributed by atoms with Gasteiger partial charge in [0.25, 0.3) is 5.91 Å². The molecule has 0 spiro atoms. The Kier molecular flexibility index (Phi) is 9.36. The van der Waals surface area contributed by atoms with Crippen molar-refractivity contribution in [2.24, 2.45) is 0 Å². The van der Waals surface area contributed by atoms with Crippen molar-refractivity contribution in [2.45, 2.75) is 33.7 Å². The molecule has 8 heteroatoms. The van der Waals surface area contributed by atoms with Crippen LogP contribution in [0.5, 0.6) is 17.2 Å². The van der Waals surface area contributed by atoms with Crippen LogP contribution in [0.4, 0.5) is 0 Å². The van der Waals surface area contributed by atoms with E-state index in [0.29, 0.717) is 54.7 Å². The molecule has 0 saturated carbocycles. The average molecular weight is 497 g/mol. The SMILES string of the molecule is CCOc1ccc(C2/C(=C(\[O-])c3ccc(OC)cc3)C(=O)C(=O)N2CC[NH+](CC)CC)cc1OCC. The van der Waals surface area contributed by atoms with Crippen LogP contribution in [-0.2, 0) is 9.59 Å². The summed E-state index contributed by atoms with van der Waals surface area (Å²) in [6, 6.07) is 11.0. The van der Waals surface area contributed by atoms with Gasteiger partial charge in [-0.25, -0.2) is 0 Å². The maximum absolute atomic E-state index is 13.6. The Morgan fingerprint density at radius 2 is 1.58 bits per heavy atom. The number of likely N-dealkylation sites (N-methyl/N-ethyl adjacent to an activating group) is 1. The minimum Gasteiger partial charge on any atom is -0.872 e. The standard InChI is InChI=1S/C28H36N2O6/c1-6-29(7-2)16-17-30-25(20-12-15-22(35-8-3)23(18-20)36-9-4)24(27(32)28(30)33)26(31)19-10-13-21(34-5)14-11-19/h10-15,18,25,31H,6-9,16-17H2,1-5H3/b26-24+. The molecule has 36 heavy (non-hydrogen) atoms. The van der Waals surface area contributed by atoms with Crippen molar-refractivity contribution in [3.8, 4) is 17.2 Å². The van der Waals surface area contributed by atoms with Crippen LogP contribution in [0.25, 0.3) is 5.76 Å². The lowest BCUT2D eigenvalue weighted by molar-refractivity contribution is -0.895. The van der Waals surface area contributed by atoms with Crippen molar-refractivity contribution in [1.82, 2.24) is 4.90 Å². The molecule has 0 aromatic heterocycles. The Morgan fingerprint density at radius 1 is 0.944 bits per heavy atom. The summed E-state index contributed by atoms with van der Waals surface area (Å²) in [5, 5.41) is 13.6. The number of benzene rings is 2. The van der Waals surface area contributed by atoms with Crippen LogP contribution in [0, 0.1) is 0 Å². The number of amides is 1. The van der Waals surface area contributed by atoms with Crippen LogP contribution in [0.15, 0.2) is 48.0 Å². The molecule has 3 rings (SSSR count). The zero-order chi connectivity index (χ0) is 26.2. The zero-order valence-corrected chi connectivity index (χ0v) is 21.8. The molecule has 1 unspecified atom stereocenters. The second-order valence-electron chi connectivity index (χ2n) is 8.48. The maximum atomic E-state index is 13.6. The van der Waals surface area contributed by atoms with E-state index in [-0.39, 0.29) is 5.57 Å². The first-order chi connectivity index (χ1) is 17.4. The fourth-order valence-electron chi connectivity index (χ4n) is 4.47. The van der Waals surface area contributed by atoms with E-state index in [1.54, 1.807) is 49.6 Å². The second kappa shape index (κ2) is 12.4. The number of carbonyl (C=O) groups excluding carboxylic acids is 2. The number of hydrogen-bond donors (Lipinski definition) is 1. The molecule has 1 aliphatic heterocycles. The topological polar surface area (TPSA) is 92.6 Å². The van der Waals surface area contributed by atoms with Crippen molar-refractivity contribution < 1.29 is 33.8 Å². The normalized spacial score (nSPS) is 17.1. The number of carbonyl (C=O) groups is 2. The van der Waals surface area contributed by atoms with Gasteiger partial charge in [-0.05, 0) is 63.1 Å². The fourth-order valence-corrected chi connectivity index (χ4v) is 4.47. The third-order valence-electron chi connectivity index (χ3n) is 6.47. The summed E-state index contributed by atoms with van der Waals surface area (Å²) in [4.78, 5) is 29.3. The van der Waals surface area contributed by atoms with E-state index >= 15 is 0 Å². The lowest BCUT2D eigenvalue weighted by atomic mass is 9.95. The number of nitrogens with one attached hydrogen (secondary N) is 1. The molecule has 2 aromatic rings. The van der Waals surface area contributed by atoms with Gasteiger partial charge in [-0.2, -0.15) is 0 Å². The molecule has 1 fully saturated rings. The maximum Gasteiger partial charge on any atom is 0.295 e. The lowest BCUT2D eigenvalue weighted by Crippen LogP contribution is -3.12. The molecule has 1 heterocycles. The highest BCUT2D eigenvalue weighted by Gasteiger charge is 2.44. The Labute approximate surface area is 213 Å². The largest absolute Gasteiger partial charge is 0.872 e. The van der Waals surface area contributed by atoms with E-state index in [9.17, 15) is 14.7 Å². The Hall–Kier alpha value is -3.52. The number of ketones is 1. The molecule has 0 radical (unpaired) electrons. The predicted octanol–water partition coefficient (Wildman–Crippen LogP) is 1.64. The molecule has 0 aliphatic carbocycles. The zero-order valence-electron chi connectivity index (χ0n) is 21.8.